The molecule has 0 atom stereocenters. The molecule has 26 heavy (non-hydrogen) atoms. The molecule has 0 radical (unpaired) electrons. The van der Waals surface area contributed by atoms with Gasteiger partial charge in [0.1, 0.15) is 5.76 Å². The molecule has 0 bridgehead atoms. The minimum absolute atomic E-state index is 0.297. The van der Waals surface area contributed by atoms with Crippen molar-refractivity contribution in [1.82, 2.24) is 9.97 Å². The molecular formula is C19H12ClN3O3. The highest BCUT2D eigenvalue weighted by Crippen LogP contribution is 2.31. The average molecular weight is 366 g/mol. The lowest BCUT2D eigenvalue weighted by Gasteiger charge is -2.05. The predicted octanol–water partition coefficient (Wildman–Crippen LogP) is 4.79. The molecule has 0 saturated carbocycles. The molecular weight excluding hydrogens is 354 g/mol. The van der Waals surface area contributed by atoms with Crippen LogP contribution < -0.4 is 5.32 Å². The summed E-state index contributed by atoms with van der Waals surface area (Å²) in [7, 11) is 0. The van der Waals surface area contributed by atoms with Gasteiger partial charge in [0.25, 0.3) is 0 Å². The van der Waals surface area contributed by atoms with Crippen molar-refractivity contribution in [2.75, 3.05) is 5.32 Å². The number of fused-ring (bicyclic) bond motifs is 1. The van der Waals surface area contributed by atoms with Gasteiger partial charge in [-0.05, 0) is 48.5 Å². The van der Waals surface area contributed by atoms with E-state index < -0.39 is 0 Å². The van der Waals surface area contributed by atoms with E-state index in [4.69, 9.17) is 20.4 Å². The van der Waals surface area contributed by atoms with Crippen molar-refractivity contribution in [3.05, 3.63) is 71.8 Å². The van der Waals surface area contributed by atoms with E-state index >= 15 is 0 Å². The van der Waals surface area contributed by atoms with Gasteiger partial charge in [-0.25, -0.2) is 4.98 Å². The van der Waals surface area contributed by atoms with Gasteiger partial charge in [0, 0.05) is 18.0 Å². The van der Waals surface area contributed by atoms with Crippen LogP contribution in [0.2, 0.25) is 5.02 Å². The molecule has 4 rings (SSSR count). The minimum atomic E-state index is -0.297. The second-order valence-corrected chi connectivity index (χ2v) is 5.78. The zero-order valence-electron chi connectivity index (χ0n) is 13.3. The Balaban J connectivity index is 1.58. The van der Waals surface area contributed by atoms with Crippen LogP contribution in [0.15, 0.2) is 69.8 Å². The monoisotopic (exact) mass is 365 g/mol. The summed E-state index contributed by atoms with van der Waals surface area (Å²) < 4.78 is 10.8. The molecule has 0 aliphatic carbocycles. The molecule has 3 aromatic heterocycles. The number of amides is 1. The minimum Gasteiger partial charge on any atom is -0.465 e. The van der Waals surface area contributed by atoms with Crippen molar-refractivity contribution in [3.63, 3.8) is 0 Å². The van der Waals surface area contributed by atoms with E-state index in [0.717, 1.165) is 0 Å². The van der Waals surface area contributed by atoms with Crippen LogP contribution in [0.1, 0.15) is 5.76 Å². The SMILES string of the molecule is O=C(C=Cc1ccco1)Nc1ccc(Cl)c(-c2nc3ncccc3o2)c1. The number of carbonyl (C=O) groups excluding carboxylic acids is 1. The highest BCUT2D eigenvalue weighted by atomic mass is 35.5. The quantitative estimate of drug-likeness (QED) is 0.526. The molecule has 4 aromatic rings. The van der Waals surface area contributed by atoms with Crippen molar-refractivity contribution in [1.29, 1.82) is 0 Å². The Hall–Kier alpha value is -3.38. The fraction of sp³-hybridized carbons (Fsp3) is 0. The number of rotatable bonds is 4. The van der Waals surface area contributed by atoms with E-state index in [1.807, 2.05) is 0 Å². The molecule has 1 N–H and O–H groups in total. The van der Waals surface area contributed by atoms with E-state index in [1.54, 1.807) is 54.7 Å². The molecule has 1 aromatic carbocycles. The molecule has 3 heterocycles. The molecule has 0 aliphatic heterocycles. The maximum Gasteiger partial charge on any atom is 0.248 e. The van der Waals surface area contributed by atoms with Crippen molar-refractivity contribution in [2.24, 2.45) is 0 Å². The standard InChI is InChI=1S/C19H12ClN3O3/c20-15-7-5-12(22-17(24)8-6-13-3-2-10-25-13)11-14(15)19-23-18-16(26-19)4-1-9-21-18/h1-11H,(H,22,24). The zero-order chi connectivity index (χ0) is 17.9. The number of nitrogens with one attached hydrogen (secondary N) is 1. The summed E-state index contributed by atoms with van der Waals surface area (Å²) in [5.41, 5.74) is 2.19. The first-order valence-corrected chi connectivity index (χ1v) is 8.11. The van der Waals surface area contributed by atoms with Crippen LogP contribution in [0, 0.1) is 0 Å². The van der Waals surface area contributed by atoms with E-state index in [1.165, 1.54) is 12.3 Å². The van der Waals surface area contributed by atoms with Crippen LogP contribution in [-0.4, -0.2) is 15.9 Å². The van der Waals surface area contributed by atoms with E-state index in [9.17, 15) is 4.79 Å². The third-order valence-corrected chi connectivity index (χ3v) is 3.90. The summed E-state index contributed by atoms with van der Waals surface area (Å²) in [4.78, 5) is 20.5. The molecule has 6 nitrogen and oxygen atoms in total. The first-order valence-electron chi connectivity index (χ1n) is 7.73. The topological polar surface area (TPSA) is 81.2 Å². The Kier molecular flexibility index (Phi) is 4.25. The molecule has 0 unspecified atom stereocenters. The molecule has 128 valence electrons. The number of hydrogen-bond donors (Lipinski definition) is 1. The fourth-order valence-corrected chi connectivity index (χ4v) is 2.58. The molecule has 0 aliphatic rings. The number of hydrogen-bond acceptors (Lipinski definition) is 5. The number of oxazole rings is 1. The van der Waals surface area contributed by atoms with Gasteiger partial charge < -0.3 is 14.2 Å². The lowest BCUT2D eigenvalue weighted by atomic mass is 10.2. The second-order valence-electron chi connectivity index (χ2n) is 5.38. The smallest absolute Gasteiger partial charge is 0.248 e. The summed E-state index contributed by atoms with van der Waals surface area (Å²) in [6, 6.07) is 12.1. The van der Waals surface area contributed by atoms with E-state index in [-0.39, 0.29) is 5.91 Å². The summed E-state index contributed by atoms with van der Waals surface area (Å²) in [6.45, 7) is 0. The Morgan fingerprint density at radius 2 is 2.12 bits per heavy atom. The van der Waals surface area contributed by atoms with Crippen molar-refractivity contribution in [3.8, 4) is 11.5 Å². The number of nitrogens with zero attached hydrogens (tertiary/aromatic N) is 2. The number of carbonyl (C=O) groups is 1. The number of benzene rings is 1. The normalized spacial score (nSPS) is 11.3. The Labute approximate surface area is 153 Å². The van der Waals surface area contributed by atoms with Crippen LogP contribution in [-0.2, 0) is 4.79 Å². The van der Waals surface area contributed by atoms with Crippen molar-refractivity contribution < 1.29 is 13.6 Å². The van der Waals surface area contributed by atoms with Crippen molar-refractivity contribution in [2.45, 2.75) is 0 Å². The third-order valence-electron chi connectivity index (χ3n) is 3.57. The van der Waals surface area contributed by atoms with Crippen LogP contribution in [0.3, 0.4) is 0 Å². The first kappa shape index (κ1) is 16.1. The van der Waals surface area contributed by atoms with Gasteiger partial charge in [-0.3, -0.25) is 4.79 Å². The lowest BCUT2D eigenvalue weighted by Crippen LogP contribution is -2.07. The predicted molar refractivity (Wildman–Crippen MR) is 98.6 cm³/mol. The fourth-order valence-electron chi connectivity index (χ4n) is 2.38. The largest absolute Gasteiger partial charge is 0.465 e. The van der Waals surface area contributed by atoms with Crippen LogP contribution in [0.25, 0.3) is 28.8 Å². The molecule has 0 spiro atoms. The van der Waals surface area contributed by atoms with Crippen LogP contribution in [0.5, 0.6) is 0 Å². The van der Waals surface area contributed by atoms with Gasteiger partial charge in [0.15, 0.2) is 11.2 Å². The first-order chi connectivity index (χ1) is 12.7. The van der Waals surface area contributed by atoms with Gasteiger partial charge in [0.2, 0.25) is 11.8 Å². The molecule has 0 fully saturated rings. The highest BCUT2D eigenvalue weighted by molar-refractivity contribution is 6.33. The summed E-state index contributed by atoms with van der Waals surface area (Å²) in [5, 5.41) is 3.22. The van der Waals surface area contributed by atoms with Gasteiger partial charge in [0.05, 0.1) is 16.8 Å². The zero-order valence-corrected chi connectivity index (χ0v) is 14.1. The number of anilines is 1. The summed E-state index contributed by atoms with van der Waals surface area (Å²) in [6.07, 6.45) is 6.14. The van der Waals surface area contributed by atoms with Gasteiger partial charge >= 0.3 is 0 Å². The van der Waals surface area contributed by atoms with Crippen molar-refractivity contribution >= 4 is 40.5 Å². The Morgan fingerprint density at radius 3 is 2.92 bits per heavy atom. The molecule has 7 heteroatoms. The maximum atomic E-state index is 12.1. The van der Waals surface area contributed by atoms with E-state index in [0.29, 0.717) is 39.2 Å². The number of aromatic nitrogens is 2. The summed E-state index contributed by atoms with van der Waals surface area (Å²) >= 11 is 6.26. The second kappa shape index (κ2) is 6.85. The van der Waals surface area contributed by atoms with Crippen LogP contribution in [0.4, 0.5) is 5.69 Å². The number of furan rings is 1. The Morgan fingerprint density at radius 1 is 1.19 bits per heavy atom. The lowest BCUT2D eigenvalue weighted by molar-refractivity contribution is -0.111. The van der Waals surface area contributed by atoms with Gasteiger partial charge in [-0.15, -0.1) is 0 Å². The Bertz CT molecular complexity index is 1070. The van der Waals surface area contributed by atoms with E-state index in [2.05, 4.69) is 15.3 Å². The summed E-state index contributed by atoms with van der Waals surface area (Å²) in [5.74, 6) is 0.635. The average Bonchev–Trinajstić information content (AvgIpc) is 3.31. The van der Waals surface area contributed by atoms with Crippen LogP contribution >= 0.6 is 11.6 Å². The van der Waals surface area contributed by atoms with Gasteiger partial charge in [-0.1, -0.05) is 11.6 Å². The number of pyridine rings is 1. The molecule has 0 saturated heterocycles. The highest BCUT2D eigenvalue weighted by Gasteiger charge is 2.13. The maximum absolute atomic E-state index is 12.1. The number of halogens is 1. The van der Waals surface area contributed by atoms with Gasteiger partial charge in [-0.2, -0.15) is 4.98 Å². The molecule has 1 amide bonds. The third kappa shape index (κ3) is 3.36.